The van der Waals surface area contributed by atoms with E-state index < -0.39 is 0 Å². The minimum atomic E-state index is -0.189. The number of carbonyl (C=O) groups is 2. The van der Waals surface area contributed by atoms with E-state index in [0.717, 1.165) is 23.5 Å². The molecule has 1 heterocycles. The van der Waals surface area contributed by atoms with Crippen LogP contribution in [0.4, 0.5) is 5.69 Å². The molecule has 0 radical (unpaired) electrons. The van der Waals surface area contributed by atoms with Gasteiger partial charge in [0.25, 0.3) is 0 Å². The molecule has 1 aliphatic rings. The van der Waals surface area contributed by atoms with Crippen LogP contribution >= 0.6 is 11.8 Å². The predicted octanol–water partition coefficient (Wildman–Crippen LogP) is 1.84. The molecule has 1 aromatic rings. The van der Waals surface area contributed by atoms with Crippen molar-refractivity contribution in [1.29, 1.82) is 0 Å². The lowest BCUT2D eigenvalue weighted by atomic mass is 10.1. The van der Waals surface area contributed by atoms with Crippen molar-refractivity contribution < 1.29 is 14.3 Å². The summed E-state index contributed by atoms with van der Waals surface area (Å²) >= 11 is 1.60. The molecule has 6 heteroatoms. The molecule has 1 N–H and O–H groups in total. The van der Waals surface area contributed by atoms with Crippen LogP contribution in [-0.2, 0) is 14.3 Å². The van der Waals surface area contributed by atoms with E-state index in [1.807, 2.05) is 35.4 Å². The maximum atomic E-state index is 12.1. The summed E-state index contributed by atoms with van der Waals surface area (Å²) in [5.74, 6) is -0.353. The van der Waals surface area contributed by atoms with Gasteiger partial charge in [-0.1, -0.05) is 12.1 Å². The second kappa shape index (κ2) is 7.47. The Hall–Kier alpha value is -1.53. The number of thioether (sulfide) groups is 1. The third kappa shape index (κ3) is 4.22. The number of nitrogens with one attached hydrogen (secondary N) is 1. The van der Waals surface area contributed by atoms with Crippen molar-refractivity contribution in [3.05, 3.63) is 24.3 Å². The van der Waals surface area contributed by atoms with Crippen LogP contribution < -0.4 is 5.32 Å². The number of benzene rings is 1. The number of amides is 1. The lowest BCUT2D eigenvalue weighted by Gasteiger charge is -2.16. The number of likely N-dealkylation sites (tertiary alicyclic amines) is 1. The number of methoxy groups -OCH3 is 1. The number of ether oxygens (including phenoxy) is 1. The maximum absolute atomic E-state index is 12.1. The molecule has 0 spiro atoms. The highest BCUT2D eigenvalue weighted by Crippen LogP contribution is 2.24. The largest absolute Gasteiger partial charge is 0.469 e. The standard InChI is InChI=1S/C15H20N2O3S/c1-20-15(19)11-7-8-17(9-11)10-14(18)16-12-5-3-4-6-13(12)21-2/h3-6,11H,7-10H2,1-2H3,(H,16,18). The van der Waals surface area contributed by atoms with Crippen LogP contribution in [0.1, 0.15) is 6.42 Å². The first-order valence-corrected chi connectivity index (χ1v) is 8.09. The average Bonchev–Trinajstić information content (AvgIpc) is 2.95. The van der Waals surface area contributed by atoms with Gasteiger partial charge >= 0.3 is 5.97 Å². The number of carbonyl (C=O) groups excluding carboxylic acids is 2. The molecule has 1 aliphatic heterocycles. The number of rotatable bonds is 5. The number of esters is 1. The Kier molecular flexibility index (Phi) is 5.64. The van der Waals surface area contributed by atoms with Gasteiger partial charge < -0.3 is 10.1 Å². The Labute approximate surface area is 129 Å². The van der Waals surface area contributed by atoms with Crippen LogP contribution in [0.5, 0.6) is 0 Å². The van der Waals surface area contributed by atoms with E-state index in [1.165, 1.54) is 7.11 Å². The van der Waals surface area contributed by atoms with Gasteiger partial charge in [-0.15, -0.1) is 11.8 Å². The summed E-state index contributed by atoms with van der Waals surface area (Å²) in [6, 6.07) is 7.72. The van der Waals surface area contributed by atoms with Gasteiger partial charge in [-0.05, 0) is 31.4 Å². The van der Waals surface area contributed by atoms with E-state index >= 15 is 0 Å². The molecule has 0 bridgehead atoms. The molecule has 1 saturated heterocycles. The molecule has 114 valence electrons. The highest BCUT2D eigenvalue weighted by atomic mass is 32.2. The molecule has 1 atom stereocenters. The third-order valence-electron chi connectivity index (χ3n) is 3.56. The quantitative estimate of drug-likeness (QED) is 0.664. The number of para-hydroxylation sites is 1. The highest BCUT2D eigenvalue weighted by molar-refractivity contribution is 7.98. The van der Waals surface area contributed by atoms with Gasteiger partial charge in [-0.25, -0.2) is 0 Å². The molecule has 5 nitrogen and oxygen atoms in total. The van der Waals surface area contributed by atoms with Crippen LogP contribution in [0, 0.1) is 5.92 Å². The molecule has 1 amide bonds. The van der Waals surface area contributed by atoms with Crippen molar-refractivity contribution in [2.75, 3.05) is 38.3 Å². The van der Waals surface area contributed by atoms with Crippen LogP contribution in [0.2, 0.25) is 0 Å². The normalized spacial score (nSPS) is 18.5. The van der Waals surface area contributed by atoms with Gasteiger partial charge in [0.2, 0.25) is 5.91 Å². The van der Waals surface area contributed by atoms with Crippen LogP contribution in [-0.4, -0.2) is 49.8 Å². The molecule has 2 rings (SSSR count). The van der Waals surface area contributed by atoms with Gasteiger partial charge in [-0.3, -0.25) is 14.5 Å². The van der Waals surface area contributed by atoms with E-state index in [4.69, 9.17) is 4.74 Å². The number of anilines is 1. The molecule has 0 aliphatic carbocycles. The molecule has 0 aromatic heterocycles. The zero-order chi connectivity index (χ0) is 15.2. The number of hydrogen-bond donors (Lipinski definition) is 1. The second-order valence-electron chi connectivity index (χ2n) is 4.99. The lowest BCUT2D eigenvalue weighted by molar-refractivity contribution is -0.145. The Balaban J connectivity index is 1.87. The van der Waals surface area contributed by atoms with E-state index in [1.54, 1.807) is 11.8 Å². The summed E-state index contributed by atoms with van der Waals surface area (Å²) in [5, 5.41) is 2.93. The summed E-state index contributed by atoms with van der Waals surface area (Å²) in [5.41, 5.74) is 0.832. The van der Waals surface area contributed by atoms with E-state index in [2.05, 4.69) is 5.32 Å². The van der Waals surface area contributed by atoms with Crippen molar-refractivity contribution in [3.8, 4) is 0 Å². The Morgan fingerprint density at radius 3 is 2.90 bits per heavy atom. The van der Waals surface area contributed by atoms with Gasteiger partial charge in [0.15, 0.2) is 0 Å². The van der Waals surface area contributed by atoms with Crippen molar-refractivity contribution in [2.45, 2.75) is 11.3 Å². The van der Waals surface area contributed by atoms with Crippen LogP contribution in [0.15, 0.2) is 29.2 Å². The minimum absolute atomic E-state index is 0.0537. The van der Waals surface area contributed by atoms with E-state index in [0.29, 0.717) is 13.1 Å². The average molecular weight is 308 g/mol. The molecule has 1 aromatic carbocycles. The van der Waals surface area contributed by atoms with Crippen molar-refractivity contribution >= 4 is 29.3 Å². The van der Waals surface area contributed by atoms with E-state index in [9.17, 15) is 9.59 Å². The smallest absolute Gasteiger partial charge is 0.310 e. The van der Waals surface area contributed by atoms with Crippen molar-refractivity contribution in [3.63, 3.8) is 0 Å². The van der Waals surface area contributed by atoms with Gasteiger partial charge in [0.1, 0.15) is 0 Å². The molecule has 1 fully saturated rings. The zero-order valence-corrected chi connectivity index (χ0v) is 13.1. The summed E-state index contributed by atoms with van der Waals surface area (Å²) in [6.45, 7) is 1.64. The summed E-state index contributed by atoms with van der Waals surface area (Å²) in [6.07, 6.45) is 2.73. The predicted molar refractivity (Wildman–Crippen MR) is 83.4 cm³/mol. The fourth-order valence-corrected chi connectivity index (χ4v) is 3.03. The van der Waals surface area contributed by atoms with E-state index in [-0.39, 0.29) is 17.8 Å². The Bertz CT molecular complexity index is 521. The Morgan fingerprint density at radius 1 is 1.43 bits per heavy atom. The molecular weight excluding hydrogens is 288 g/mol. The topological polar surface area (TPSA) is 58.6 Å². The molecular formula is C15H20N2O3S. The van der Waals surface area contributed by atoms with Crippen LogP contribution in [0.3, 0.4) is 0 Å². The maximum Gasteiger partial charge on any atom is 0.310 e. The lowest BCUT2D eigenvalue weighted by Crippen LogP contribution is -2.32. The zero-order valence-electron chi connectivity index (χ0n) is 12.3. The fraction of sp³-hybridized carbons (Fsp3) is 0.467. The SMILES string of the molecule is COC(=O)C1CCN(CC(=O)Nc2ccccc2SC)C1. The first-order valence-electron chi connectivity index (χ1n) is 6.87. The first kappa shape index (κ1) is 15.9. The summed E-state index contributed by atoms with van der Waals surface area (Å²) in [7, 11) is 1.40. The second-order valence-corrected chi connectivity index (χ2v) is 5.84. The first-order chi connectivity index (χ1) is 10.1. The number of nitrogens with zero attached hydrogens (tertiary/aromatic N) is 1. The monoisotopic (exact) mass is 308 g/mol. The minimum Gasteiger partial charge on any atom is -0.469 e. The Morgan fingerprint density at radius 2 is 2.19 bits per heavy atom. The van der Waals surface area contributed by atoms with Crippen molar-refractivity contribution in [2.24, 2.45) is 5.92 Å². The van der Waals surface area contributed by atoms with Crippen molar-refractivity contribution in [1.82, 2.24) is 4.90 Å². The molecule has 1 unspecified atom stereocenters. The molecule has 0 saturated carbocycles. The summed E-state index contributed by atoms with van der Waals surface area (Å²) < 4.78 is 4.74. The molecule has 21 heavy (non-hydrogen) atoms. The highest BCUT2D eigenvalue weighted by Gasteiger charge is 2.29. The summed E-state index contributed by atoms with van der Waals surface area (Å²) in [4.78, 5) is 26.6. The number of hydrogen-bond acceptors (Lipinski definition) is 5. The van der Waals surface area contributed by atoms with Crippen LogP contribution in [0.25, 0.3) is 0 Å². The fourth-order valence-electron chi connectivity index (χ4n) is 2.48. The van der Waals surface area contributed by atoms with Gasteiger partial charge in [0.05, 0.1) is 25.3 Å². The van der Waals surface area contributed by atoms with Gasteiger partial charge in [0, 0.05) is 11.4 Å². The third-order valence-corrected chi connectivity index (χ3v) is 4.35. The van der Waals surface area contributed by atoms with Gasteiger partial charge in [-0.2, -0.15) is 0 Å².